The third-order valence-corrected chi connectivity index (χ3v) is 3.16. The third-order valence-electron chi connectivity index (χ3n) is 3.16. The Bertz CT molecular complexity index is 614. The summed E-state index contributed by atoms with van der Waals surface area (Å²) in [7, 11) is 1.59. The molecule has 0 aliphatic rings. The molecular formula is C17H21N3O2. The second kappa shape index (κ2) is 8.05. The van der Waals surface area contributed by atoms with Gasteiger partial charge in [-0.3, -0.25) is 4.99 Å². The van der Waals surface area contributed by atoms with Crippen molar-refractivity contribution >= 4 is 11.6 Å². The Hall–Kier alpha value is -2.53. The van der Waals surface area contributed by atoms with Gasteiger partial charge < -0.3 is 20.9 Å². The molecule has 0 amide bonds. The number of nitrogens with one attached hydrogen (secondary N) is 1. The Kier molecular flexibility index (Phi) is 5.80. The zero-order valence-electron chi connectivity index (χ0n) is 12.6. The van der Waals surface area contributed by atoms with Gasteiger partial charge in [-0.05, 0) is 17.7 Å². The van der Waals surface area contributed by atoms with Gasteiger partial charge in [-0.25, -0.2) is 0 Å². The number of hydrogen-bond donors (Lipinski definition) is 3. The number of para-hydroxylation sites is 2. The van der Waals surface area contributed by atoms with Crippen molar-refractivity contribution in [2.45, 2.75) is 12.5 Å². The number of ether oxygens (including phenoxy) is 1. The highest BCUT2D eigenvalue weighted by Crippen LogP contribution is 2.22. The largest absolute Gasteiger partial charge is 0.495 e. The van der Waals surface area contributed by atoms with Gasteiger partial charge in [0.2, 0.25) is 0 Å². The van der Waals surface area contributed by atoms with Crippen molar-refractivity contribution in [2.75, 3.05) is 19.0 Å². The lowest BCUT2D eigenvalue weighted by Gasteiger charge is -2.11. The summed E-state index contributed by atoms with van der Waals surface area (Å²) in [5.74, 6) is 0.932. The molecule has 2 rings (SSSR count). The summed E-state index contributed by atoms with van der Waals surface area (Å²) in [6.45, 7) is 0.239. The van der Waals surface area contributed by atoms with Gasteiger partial charge in [0.1, 0.15) is 5.75 Å². The first-order valence-corrected chi connectivity index (χ1v) is 7.11. The minimum Gasteiger partial charge on any atom is -0.495 e. The van der Waals surface area contributed by atoms with Gasteiger partial charge in [-0.1, -0.05) is 42.5 Å². The molecule has 22 heavy (non-hydrogen) atoms. The molecule has 0 aromatic heterocycles. The monoisotopic (exact) mass is 299 g/mol. The summed E-state index contributed by atoms with van der Waals surface area (Å²) in [6.07, 6.45) is -0.0212. The van der Waals surface area contributed by atoms with Crippen LogP contribution in [-0.4, -0.2) is 30.8 Å². The molecule has 0 saturated carbocycles. The summed E-state index contributed by atoms with van der Waals surface area (Å²) < 4.78 is 5.23. The van der Waals surface area contributed by atoms with Crippen LogP contribution in [0.25, 0.3) is 0 Å². The first-order valence-electron chi connectivity index (χ1n) is 7.11. The minimum atomic E-state index is -0.569. The van der Waals surface area contributed by atoms with Crippen molar-refractivity contribution in [2.24, 2.45) is 10.7 Å². The third kappa shape index (κ3) is 4.79. The number of nitrogens with zero attached hydrogens (tertiary/aromatic N) is 1. The molecule has 116 valence electrons. The maximum absolute atomic E-state index is 10.0. The van der Waals surface area contributed by atoms with E-state index in [1.54, 1.807) is 7.11 Å². The number of benzene rings is 2. The van der Waals surface area contributed by atoms with Crippen LogP contribution in [-0.2, 0) is 6.42 Å². The highest BCUT2D eigenvalue weighted by Gasteiger charge is 2.06. The maximum Gasteiger partial charge on any atom is 0.193 e. The molecule has 5 nitrogen and oxygen atoms in total. The number of methoxy groups -OCH3 is 1. The van der Waals surface area contributed by atoms with Crippen molar-refractivity contribution < 1.29 is 9.84 Å². The van der Waals surface area contributed by atoms with Crippen LogP contribution >= 0.6 is 0 Å². The van der Waals surface area contributed by atoms with Gasteiger partial charge in [0.05, 0.1) is 25.4 Å². The van der Waals surface area contributed by atoms with Crippen LogP contribution in [0.4, 0.5) is 5.69 Å². The Balaban J connectivity index is 1.89. The fraction of sp³-hybridized carbons (Fsp3) is 0.235. The number of rotatable bonds is 6. The second-order valence-electron chi connectivity index (χ2n) is 4.89. The molecule has 0 saturated heterocycles. The van der Waals surface area contributed by atoms with E-state index >= 15 is 0 Å². The molecule has 0 aliphatic heterocycles. The molecule has 0 aliphatic carbocycles. The Morgan fingerprint density at radius 3 is 2.59 bits per heavy atom. The summed E-state index contributed by atoms with van der Waals surface area (Å²) in [6, 6.07) is 17.2. The predicted octanol–water partition coefficient (Wildman–Crippen LogP) is 2.03. The molecule has 0 spiro atoms. The molecule has 2 aromatic rings. The van der Waals surface area contributed by atoms with Crippen molar-refractivity contribution in [3.8, 4) is 5.75 Å². The zero-order valence-corrected chi connectivity index (χ0v) is 12.6. The lowest BCUT2D eigenvalue weighted by Crippen LogP contribution is -2.25. The number of aliphatic hydroxyl groups excluding tert-OH is 1. The molecular weight excluding hydrogens is 278 g/mol. The van der Waals surface area contributed by atoms with Crippen molar-refractivity contribution in [1.82, 2.24) is 0 Å². The lowest BCUT2D eigenvalue weighted by molar-refractivity contribution is 0.184. The SMILES string of the molecule is COc1ccccc1NC(N)=NCC(O)Cc1ccccc1. The summed E-state index contributed by atoms with van der Waals surface area (Å²) in [5, 5.41) is 13.0. The lowest BCUT2D eigenvalue weighted by atomic mass is 10.1. The average Bonchev–Trinajstić information content (AvgIpc) is 2.54. The van der Waals surface area contributed by atoms with Crippen LogP contribution in [0.3, 0.4) is 0 Å². The van der Waals surface area contributed by atoms with E-state index in [2.05, 4.69) is 10.3 Å². The van der Waals surface area contributed by atoms with Gasteiger partial charge >= 0.3 is 0 Å². The molecule has 4 N–H and O–H groups in total. The van der Waals surface area contributed by atoms with Gasteiger partial charge in [0.15, 0.2) is 5.96 Å². The highest BCUT2D eigenvalue weighted by atomic mass is 16.5. The van der Waals surface area contributed by atoms with Crippen LogP contribution in [0.1, 0.15) is 5.56 Å². The first kappa shape index (κ1) is 15.9. The Morgan fingerprint density at radius 2 is 1.86 bits per heavy atom. The minimum absolute atomic E-state index is 0.239. The second-order valence-corrected chi connectivity index (χ2v) is 4.89. The molecule has 0 radical (unpaired) electrons. The van der Waals surface area contributed by atoms with Crippen LogP contribution in [0, 0.1) is 0 Å². The molecule has 2 aromatic carbocycles. The molecule has 0 fully saturated rings. The standard InChI is InChI=1S/C17H21N3O2/c1-22-16-10-6-5-9-15(16)20-17(18)19-12-14(21)11-13-7-3-2-4-8-13/h2-10,14,21H,11-12H2,1H3,(H3,18,19,20). The molecule has 1 atom stereocenters. The number of aliphatic imine (C=N–C) groups is 1. The van der Waals surface area contributed by atoms with Gasteiger partial charge in [0.25, 0.3) is 0 Å². The van der Waals surface area contributed by atoms with E-state index in [0.717, 1.165) is 11.3 Å². The highest BCUT2D eigenvalue weighted by molar-refractivity contribution is 5.93. The number of hydrogen-bond acceptors (Lipinski definition) is 3. The van der Waals surface area contributed by atoms with E-state index < -0.39 is 6.10 Å². The smallest absolute Gasteiger partial charge is 0.193 e. The quantitative estimate of drug-likeness (QED) is 0.563. The predicted molar refractivity (Wildman–Crippen MR) is 89.3 cm³/mol. The number of guanidine groups is 1. The summed E-state index contributed by atoms with van der Waals surface area (Å²) in [5.41, 5.74) is 7.65. The van der Waals surface area contributed by atoms with Gasteiger partial charge in [-0.2, -0.15) is 0 Å². The van der Waals surface area contributed by atoms with Crippen molar-refractivity contribution in [3.05, 3.63) is 60.2 Å². The van der Waals surface area contributed by atoms with Gasteiger partial charge in [-0.15, -0.1) is 0 Å². The van der Waals surface area contributed by atoms with E-state index in [0.29, 0.717) is 12.2 Å². The molecule has 1 unspecified atom stereocenters. The molecule has 0 heterocycles. The van der Waals surface area contributed by atoms with Crippen LogP contribution < -0.4 is 15.8 Å². The van der Waals surface area contributed by atoms with Crippen LogP contribution in [0.2, 0.25) is 0 Å². The Morgan fingerprint density at radius 1 is 1.18 bits per heavy atom. The van der Waals surface area contributed by atoms with E-state index in [9.17, 15) is 5.11 Å². The average molecular weight is 299 g/mol. The molecule has 0 bridgehead atoms. The van der Waals surface area contributed by atoms with Crippen LogP contribution in [0.5, 0.6) is 5.75 Å². The van der Waals surface area contributed by atoms with E-state index in [1.807, 2.05) is 54.6 Å². The molecule has 5 heteroatoms. The van der Waals surface area contributed by atoms with Crippen LogP contribution in [0.15, 0.2) is 59.6 Å². The summed E-state index contributed by atoms with van der Waals surface area (Å²) in [4.78, 5) is 4.17. The maximum atomic E-state index is 10.0. The Labute approximate surface area is 130 Å². The van der Waals surface area contributed by atoms with Crippen molar-refractivity contribution in [3.63, 3.8) is 0 Å². The topological polar surface area (TPSA) is 79.9 Å². The first-order chi connectivity index (χ1) is 10.7. The number of aliphatic hydroxyl groups is 1. The van der Waals surface area contributed by atoms with Gasteiger partial charge in [0, 0.05) is 6.42 Å². The van der Waals surface area contributed by atoms with E-state index in [1.165, 1.54) is 0 Å². The zero-order chi connectivity index (χ0) is 15.8. The summed E-state index contributed by atoms with van der Waals surface area (Å²) >= 11 is 0. The van der Waals surface area contributed by atoms with E-state index in [4.69, 9.17) is 10.5 Å². The van der Waals surface area contributed by atoms with E-state index in [-0.39, 0.29) is 12.5 Å². The normalized spacial score (nSPS) is 12.7. The fourth-order valence-corrected chi connectivity index (χ4v) is 2.08. The number of nitrogens with two attached hydrogens (primary N) is 1. The van der Waals surface area contributed by atoms with Crippen molar-refractivity contribution in [1.29, 1.82) is 0 Å². The number of anilines is 1. The fourth-order valence-electron chi connectivity index (χ4n) is 2.08.